The SMILES string of the molecule is CC(=O)O[C@H]1C[C@H]2[C@@H]([C@@H]3O[C@@H]3[C@@]3(O)C[C@@H]4O[C@@H]4[C@H](O)[C@]23C)[C@@H]2C[C@H](O)[C@H]([C@H](C)[C@H]3CC(C)=C(CO[C@@H]4O[C@H](CO)[C@@H](O)[C@H](O)[C@H]4O)C(=O)O3)[C@@]12C. The Hall–Kier alpha value is -1.76. The Morgan fingerprint density at radius 3 is 2.39 bits per heavy atom. The molecule has 0 aromatic heterocycles. The molecule has 0 unspecified atom stereocenters. The number of fused-ring (bicyclic) bond motifs is 9. The van der Waals surface area contributed by atoms with Gasteiger partial charge in [-0.3, -0.25) is 4.79 Å². The van der Waals surface area contributed by atoms with Crippen LogP contribution in [0.5, 0.6) is 0 Å². The van der Waals surface area contributed by atoms with Gasteiger partial charge in [-0.05, 0) is 43.4 Å². The monoisotopic (exact) mass is 724 g/mol. The molecule has 15 nitrogen and oxygen atoms in total. The van der Waals surface area contributed by atoms with Gasteiger partial charge in [-0.15, -0.1) is 0 Å². The van der Waals surface area contributed by atoms with Gasteiger partial charge >= 0.3 is 11.9 Å². The van der Waals surface area contributed by atoms with E-state index < -0.39 is 102 Å². The molecule has 0 aromatic rings. The quantitative estimate of drug-likeness (QED) is 0.119. The number of ether oxygens (including phenoxy) is 6. The molecule has 7 fully saturated rings. The number of hydrogen-bond donors (Lipinski definition) is 7. The van der Waals surface area contributed by atoms with E-state index >= 15 is 0 Å². The van der Waals surface area contributed by atoms with Crippen molar-refractivity contribution in [2.45, 2.75) is 145 Å². The van der Waals surface area contributed by atoms with Crippen molar-refractivity contribution in [3.8, 4) is 0 Å². The first-order valence-electron chi connectivity index (χ1n) is 18.4. The molecule has 4 aliphatic heterocycles. The van der Waals surface area contributed by atoms with Crippen LogP contribution in [0.2, 0.25) is 0 Å². The van der Waals surface area contributed by atoms with Crippen LogP contribution < -0.4 is 0 Å². The van der Waals surface area contributed by atoms with Gasteiger partial charge in [0.15, 0.2) is 6.29 Å². The van der Waals surface area contributed by atoms with Crippen LogP contribution in [-0.2, 0) is 38.0 Å². The number of hydrogen-bond acceptors (Lipinski definition) is 15. The molecule has 0 amide bonds. The van der Waals surface area contributed by atoms with E-state index in [1.165, 1.54) is 6.92 Å². The summed E-state index contributed by atoms with van der Waals surface area (Å²) in [5.41, 5.74) is -2.18. The van der Waals surface area contributed by atoms with Crippen LogP contribution in [0.3, 0.4) is 0 Å². The maximum absolute atomic E-state index is 13.5. The summed E-state index contributed by atoms with van der Waals surface area (Å²) < 4.78 is 35.3. The average molecular weight is 725 g/mol. The number of aliphatic hydroxyl groups is 7. The molecule has 7 N–H and O–H groups in total. The highest BCUT2D eigenvalue weighted by Gasteiger charge is 2.83. The normalized spacial score (nSPS) is 56.1. The third-order valence-corrected chi connectivity index (χ3v) is 14.9. The van der Waals surface area contributed by atoms with E-state index in [0.29, 0.717) is 31.3 Å². The third-order valence-electron chi connectivity index (χ3n) is 14.9. The van der Waals surface area contributed by atoms with E-state index in [1.807, 2.05) is 20.8 Å². The number of aliphatic hydroxyl groups excluding tert-OH is 6. The fraction of sp³-hybridized carbons (Fsp3) is 0.889. The Kier molecular flexibility index (Phi) is 8.61. The minimum absolute atomic E-state index is 0.129. The fourth-order valence-corrected chi connectivity index (χ4v) is 12.1. The van der Waals surface area contributed by atoms with Gasteiger partial charge in [0.2, 0.25) is 0 Å². The maximum Gasteiger partial charge on any atom is 0.336 e. The molecule has 0 aromatic carbocycles. The predicted octanol–water partition coefficient (Wildman–Crippen LogP) is -1.31. The first-order chi connectivity index (χ1) is 24.0. The highest BCUT2D eigenvalue weighted by Crippen LogP contribution is 2.74. The van der Waals surface area contributed by atoms with E-state index in [4.69, 9.17) is 28.4 Å². The minimum atomic E-state index is -1.62. The molecule has 286 valence electrons. The van der Waals surface area contributed by atoms with Crippen molar-refractivity contribution in [2.75, 3.05) is 13.2 Å². The molecule has 0 radical (unpaired) electrons. The average Bonchev–Trinajstić information content (AvgIpc) is 3.99. The molecule has 3 saturated heterocycles. The Balaban J connectivity index is 1.04. The summed E-state index contributed by atoms with van der Waals surface area (Å²) in [6.07, 6.45) is -10.3. The minimum Gasteiger partial charge on any atom is -0.462 e. The molecule has 4 aliphatic carbocycles. The van der Waals surface area contributed by atoms with Crippen molar-refractivity contribution in [1.82, 2.24) is 0 Å². The number of cyclic esters (lactones) is 1. The summed E-state index contributed by atoms with van der Waals surface area (Å²) in [6.45, 7) is 8.09. The standard InChI is InChI=1S/C36H52O15/c1-12-6-19(49-32(44)15(12)11-46-33-27(42)26(41)25(40)21(10-37)50-33)13(2)24-18(39)7-16-23-17(8-22(34(16,24)4)47-14(3)38)35(5)30(43)28-20(48-28)9-36(35,45)31-29(23)51-31/h13,16-31,33,37,39-43,45H,6-11H2,1-5H3/t13-,16+,17+,18+,19-,20+,21-,22+,23+,24+,25-,26+,27-,28+,29+,30+,31+,33-,34-,35+,36+/m1/s1. The van der Waals surface area contributed by atoms with Crippen LogP contribution in [0, 0.1) is 40.4 Å². The summed E-state index contributed by atoms with van der Waals surface area (Å²) in [4.78, 5) is 26.2. The Labute approximate surface area is 295 Å². The first kappa shape index (κ1) is 36.2. The molecule has 8 aliphatic rings. The second kappa shape index (κ2) is 12.1. The summed E-state index contributed by atoms with van der Waals surface area (Å²) in [5.74, 6) is -2.55. The smallest absolute Gasteiger partial charge is 0.336 e. The molecular formula is C36H52O15. The van der Waals surface area contributed by atoms with Gasteiger partial charge in [0.1, 0.15) is 54.4 Å². The Morgan fingerprint density at radius 2 is 1.73 bits per heavy atom. The number of esters is 2. The Morgan fingerprint density at radius 1 is 1.00 bits per heavy atom. The second-order valence-electron chi connectivity index (χ2n) is 17.1. The van der Waals surface area contributed by atoms with Gasteiger partial charge in [0.05, 0.1) is 43.2 Å². The van der Waals surface area contributed by atoms with Crippen LogP contribution in [0.1, 0.15) is 60.3 Å². The molecule has 0 spiro atoms. The lowest BCUT2D eigenvalue weighted by atomic mass is 9.42. The van der Waals surface area contributed by atoms with E-state index in [2.05, 4.69) is 0 Å². The van der Waals surface area contributed by atoms with Crippen LogP contribution in [-0.4, -0.2) is 146 Å². The molecule has 21 atom stereocenters. The number of carbonyl (C=O) groups excluding carboxylic acids is 2. The summed E-state index contributed by atoms with van der Waals surface area (Å²) in [7, 11) is 0. The van der Waals surface area contributed by atoms with Gasteiger partial charge in [0, 0.05) is 36.5 Å². The van der Waals surface area contributed by atoms with Crippen LogP contribution >= 0.6 is 0 Å². The van der Waals surface area contributed by atoms with Gasteiger partial charge in [0.25, 0.3) is 0 Å². The summed E-state index contributed by atoms with van der Waals surface area (Å²) in [5, 5.41) is 75.9. The van der Waals surface area contributed by atoms with E-state index in [1.54, 1.807) is 6.92 Å². The lowest BCUT2D eigenvalue weighted by molar-refractivity contribution is -0.299. The molecule has 51 heavy (non-hydrogen) atoms. The molecule has 4 heterocycles. The van der Waals surface area contributed by atoms with Gasteiger partial charge in [-0.1, -0.05) is 26.3 Å². The third kappa shape index (κ3) is 5.03. The summed E-state index contributed by atoms with van der Waals surface area (Å²) in [6, 6.07) is 0. The zero-order valence-corrected chi connectivity index (χ0v) is 29.5. The van der Waals surface area contributed by atoms with Gasteiger partial charge in [-0.25, -0.2) is 4.79 Å². The maximum atomic E-state index is 13.5. The molecule has 8 rings (SSSR count). The zero-order valence-electron chi connectivity index (χ0n) is 29.5. The molecule has 15 heteroatoms. The van der Waals surface area contributed by atoms with Crippen LogP contribution in [0.15, 0.2) is 11.1 Å². The van der Waals surface area contributed by atoms with Crippen molar-refractivity contribution < 1.29 is 73.8 Å². The topological polar surface area (TPSA) is 238 Å². The van der Waals surface area contributed by atoms with Crippen molar-refractivity contribution in [3.63, 3.8) is 0 Å². The molecule has 0 bridgehead atoms. The highest BCUT2D eigenvalue weighted by molar-refractivity contribution is 5.90. The van der Waals surface area contributed by atoms with Gasteiger partial charge < -0.3 is 64.2 Å². The molecular weight excluding hydrogens is 672 g/mol. The predicted molar refractivity (Wildman–Crippen MR) is 170 cm³/mol. The van der Waals surface area contributed by atoms with Crippen molar-refractivity contribution in [1.29, 1.82) is 0 Å². The second-order valence-corrected chi connectivity index (χ2v) is 17.1. The Bertz CT molecular complexity index is 1470. The zero-order chi connectivity index (χ0) is 36.7. The number of epoxide rings is 2. The van der Waals surface area contributed by atoms with E-state index in [0.717, 1.165) is 0 Å². The van der Waals surface area contributed by atoms with Crippen molar-refractivity contribution >= 4 is 11.9 Å². The van der Waals surface area contributed by atoms with E-state index in [-0.39, 0.29) is 54.2 Å². The first-order valence-corrected chi connectivity index (χ1v) is 18.4. The van der Waals surface area contributed by atoms with Crippen LogP contribution in [0.25, 0.3) is 0 Å². The van der Waals surface area contributed by atoms with Crippen molar-refractivity contribution in [3.05, 3.63) is 11.1 Å². The fourth-order valence-electron chi connectivity index (χ4n) is 12.1. The van der Waals surface area contributed by atoms with Crippen molar-refractivity contribution in [2.24, 2.45) is 40.4 Å². The molecule has 4 saturated carbocycles. The lowest BCUT2D eigenvalue weighted by Crippen LogP contribution is -2.72. The largest absolute Gasteiger partial charge is 0.462 e. The van der Waals surface area contributed by atoms with E-state index in [9.17, 15) is 45.3 Å². The number of rotatable bonds is 7. The van der Waals surface area contributed by atoms with Crippen LogP contribution in [0.4, 0.5) is 0 Å². The summed E-state index contributed by atoms with van der Waals surface area (Å²) >= 11 is 0. The lowest BCUT2D eigenvalue weighted by Gasteiger charge is -2.63. The highest BCUT2D eigenvalue weighted by atomic mass is 16.7. The van der Waals surface area contributed by atoms with Gasteiger partial charge in [-0.2, -0.15) is 0 Å². The number of carbonyl (C=O) groups is 2.